The zero-order valence-corrected chi connectivity index (χ0v) is 11.8. The Bertz CT molecular complexity index is 217. The summed E-state index contributed by atoms with van der Waals surface area (Å²) in [5, 5.41) is 3.62. The fraction of sp³-hybridized carbons (Fsp3) is 1.00. The smallest absolute Gasteiger partial charge is 0.0195 e. The van der Waals surface area contributed by atoms with Crippen molar-refractivity contribution < 1.29 is 0 Å². The molecule has 0 aromatic rings. The predicted octanol–water partition coefficient (Wildman–Crippen LogP) is 3.03. The van der Waals surface area contributed by atoms with Crippen LogP contribution in [0.25, 0.3) is 0 Å². The molecule has 0 spiro atoms. The first-order valence-corrected chi connectivity index (χ1v) is 7.79. The maximum Gasteiger partial charge on any atom is 0.0195 e. The highest BCUT2D eigenvalue weighted by Gasteiger charge is 2.37. The van der Waals surface area contributed by atoms with Crippen LogP contribution in [0.1, 0.15) is 58.8 Å². The zero-order valence-electron chi connectivity index (χ0n) is 11.8. The van der Waals surface area contributed by atoms with Gasteiger partial charge in [-0.2, -0.15) is 0 Å². The predicted molar refractivity (Wildman–Crippen MR) is 74.3 cm³/mol. The van der Waals surface area contributed by atoms with E-state index < -0.39 is 0 Å². The van der Waals surface area contributed by atoms with E-state index in [1.165, 1.54) is 64.6 Å². The molecule has 0 aromatic heterocycles. The van der Waals surface area contributed by atoms with Crippen molar-refractivity contribution in [2.24, 2.45) is 5.92 Å². The molecule has 1 saturated carbocycles. The van der Waals surface area contributed by atoms with Crippen molar-refractivity contribution in [2.45, 2.75) is 70.9 Å². The first kappa shape index (κ1) is 13.4. The summed E-state index contributed by atoms with van der Waals surface area (Å²) in [6, 6.07) is 1.66. The topological polar surface area (TPSA) is 15.3 Å². The van der Waals surface area contributed by atoms with Crippen LogP contribution >= 0.6 is 0 Å². The van der Waals surface area contributed by atoms with Gasteiger partial charge < -0.3 is 5.32 Å². The molecule has 1 aliphatic carbocycles. The van der Waals surface area contributed by atoms with Crippen LogP contribution in [-0.4, -0.2) is 36.6 Å². The minimum absolute atomic E-state index is 0.736. The van der Waals surface area contributed by atoms with Crippen LogP contribution in [0.5, 0.6) is 0 Å². The van der Waals surface area contributed by atoms with Crippen molar-refractivity contribution in [1.29, 1.82) is 0 Å². The van der Waals surface area contributed by atoms with Gasteiger partial charge in [-0.25, -0.2) is 0 Å². The van der Waals surface area contributed by atoms with E-state index in [4.69, 9.17) is 0 Å². The first-order chi connectivity index (χ1) is 8.33. The van der Waals surface area contributed by atoms with E-state index in [2.05, 4.69) is 24.1 Å². The number of fused-ring (bicyclic) bond motifs is 1. The molecule has 100 valence electrons. The summed E-state index contributed by atoms with van der Waals surface area (Å²) in [5.74, 6) is 1.03. The van der Waals surface area contributed by atoms with Gasteiger partial charge in [-0.1, -0.05) is 26.2 Å². The summed E-state index contributed by atoms with van der Waals surface area (Å²) in [6.45, 7) is 8.41. The molecule has 3 unspecified atom stereocenters. The molecule has 2 nitrogen and oxygen atoms in total. The minimum Gasteiger partial charge on any atom is -0.315 e. The average Bonchev–Trinajstić information content (AvgIpc) is 2.78. The molecule has 1 aliphatic heterocycles. The molecule has 1 heterocycles. The monoisotopic (exact) mass is 238 g/mol. The summed E-state index contributed by atoms with van der Waals surface area (Å²) in [6.07, 6.45) is 9.99. The molecular formula is C15H30N2. The Balaban J connectivity index is 1.73. The lowest BCUT2D eigenvalue weighted by molar-refractivity contribution is 0.139. The molecule has 17 heavy (non-hydrogen) atoms. The van der Waals surface area contributed by atoms with Gasteiger partial charge in [0.15, 0.2) is 0 Å². The Hall–Kier alpha value is -0.0800. The third-order valence-corrected chi connectivity index (χ3v) is 4.77. The molecule has 3 atom stereocenters. The summed E-state index contributed by atoms with van der Waals surface area (Å²) in [4.78, 5) is 2.79. The van der Waals surface area contributed by atoms with Crippen LogP contribution < -0.4 is 5.32 Å². The lowest BCUT2D eigenvalue weighted by Crippen LogP contribution is -2.45. The molecular weight excluding hydrogens is 208 g/mol. The molecule has 1 N–H and O–H groups in total. The van der Waals surface area contributed by atoms with Crippen molar-refractivity contribution in [3.8, 4) is 0 Å². The molecule has 0 aromatic carbocycles. The van der Waals surface area contributed by atoms with Crippen molar-refractivity contribution in [2.75, 3.05) is 19.6 Å². The number of likely N-dealkylation sites (tertiary alicyclic amines) is 1. The second-order valence-electron chi connectivity index (χ2n) is 6.05. The van der Waals surface area contributed by atoms with Crippen LogP contribution in [0.3, 0.4) is 0 Å². The van der Waals surface area contributed by atoms with Gasteiger partial charge in [0.1, 0.15) is 0 Å². The van der Waals surface area contributed by atoms with Crippen LogP contribution in [-0.2, 0) is 0 Å². The Morgan fingerprint density at radius 2 is 2.06 bits per heavy atom. The minimum atomic E-state index is 0.736. The second-order valence-corrected chi connectivity index (χ2v) is 6.05. The summed E-state index contributed by atoms with van der Waals surface area (Å²) in [5.41, 5.74) is 0. The lowest BCUT2D eigenvalue weighted by atomic mass is 9.85. The van der Waals surface area contributed by atoms with Crippen molar-refractivity contribution >= 4 is 0 Å². The highest BCUT2D eigenvalue weighted by molar-refractivity contribution is 4.92. The third-order valence-electron chi connectivity index (χ3n) is 4.77. The Kier molecular flexibility index (Phi) is 5.30. The van der Waals surface area contributed by atoms with Gasteiger partial charge in [-0.05, 0) is 51.6 Å². The number of hydrogen-bond donors (Lipinski definition) is 1. The molecule has 0 amide bonds. The summed E-state index contributed by atoms with van der Waals surface area (Å²) < 4.78 is 0. The van der Waals surface area contributed by atoms with Gasteiger partial charge in [0.05, 0.1) is 0 Å². The van der Waals surface area contributed by atoms with E-state index in [0.29, 0.717) is 0 Å². The average molecular weight is 238 g/mol. The first-order valence-electron chi connectivity index (χ1n) is 7.79. The molecule has 2 rings (SSSR count). The van der Waals surface area contributed by atoms with E-state index in [9.17, 15) is 0 Å². The van der Waals surface area contributed by atoms with Crippen molar-refractivity contribution in [1.82, 2.24) is 10.2 Å². The lowest BCUT2D eigenvalue weighted by Gasteiger charge is -2.35. The van der Waals surface area contributed by atoms with Gasteiger partial charge in [0.25, 0.3) is 0 Å². The van der Waals surface area contributed by atoms with E-state index >= 15 is 0 Å². The largest absolute Gasteiger partial charge is 0.315 e. The van der Waals surface area contributed by atoms with E-state index in [1.807, 2.05) is 0 Å². The van der Waals surface area contributed by atoms with Crippen LogP contribution in [0, 0.1) is 5.92 Å². The summed E-state index contributed by atoms with van der Waals surface area (Å²) in [7, 11) is 0. The van der Waals surface area contributed by atoms with Gasteiger partial charge in [-0.3, -0.25) is 4.90 Å². The highest BCUT2D eigenvalue weighted by atomic mass is 15.2. The number of hydrogen-bond acceptors (Lipinski definition) is 2. The van der Waals surface area contributed by atoms with Gasteiger partial charge in [0.2, 0.25) is 0 Å². The van der Waals surface area contributed by atoms with Crippen LogP contribution in [0.15, 0.2) is 0 Å². The molecule has 2 heteroatoms. The number of nitrogens with zero attached hydrogens (tertiary/aromatic N) is 1. The van der Waals surface area contributed by atoms with E-state index in [-0.39, 0.29) is 0 Å². The van der Waals surface area contributed by atoms with E-state index in [0.717, 1.165) is 18.0 Å². The fourth-order valence-electron chi connectivity index (χ4n) is 3.72. The van der Waals surface area contributed by atoms with Gasteiger partial charge in [0, 0.05) is 18.6 Å². The molecule has 0 bridgehead atoms. The Morgan fingerprint density at radius 3 is 2.88 bits per heavy atom. The second kappa shape index (κ2) is 6.75. The quantitative estimate of drug-likeness (QED) is 0.716. The van der Waals surface area contributed by atoms with Crippen LogP contribution in [0.2, 0.25) is 0 Å². The molecule has 1 saturated heterocycles. The van der Waals surface area contributed by atoms with Crippen molar-refractivity contribution in [3.05, 3.63) is 0 Å². The van der Waals surface area contributed by atoms with Gasteiger partial charge >= 0.3 is 0 Å². The third kappa shape index (κ3) is 3.45. The molecule has 2 aliphatic rings. The standard InChI is InChI=1S/C15H30N2/c1-3-4-10-16-12-13(2)17-11-9-14-7-5-6-8-15(14)17/h13-16H,3-12H2,1-2H3. The number of nitrogens with one attached hydrogen (secondary N) is 1. The Morgan fingerprint density at radius 1 is 1.24 bits per heavy atom. The number of unbranched alkanes of at least 4 members (excludes halogenated alkanes) is 1. The highest BCUT2D eigenvalue weighted by Crippen LogP contribution is 2.36. The maximum absolute atomic E-state index is 3.62. The molecule has 2 fully saturated rings. The number of rotatable bonds is 6. The van der Waals surface area contributed by atoms with Crippen molar-refractivity contribution in [3.63, 3.8) is 0 Å². The van der Waals surface area contributed by atoms with E-state index in [1.54, 1.807) is 0 Å². The fourth-order valence-corrected chi connectivity index (χ4v) is 3.72. The maximum atomic E-state index is 3.62. The van der Waals surface area contributed by atoms with Crippen LogP contribution in [0.4, 0.5) is 0 Å². The normalized spacial score (nSPS) is 31.4. The van der Waals surface area contributed by atoms with Gasteiger partial charge in [-0.15, -0.1) is 0 Å². The summed E-state index contributed by atoms with van der Waals surface area (Å²) >= 11 is 0. The zero-order chi connectivity index (χ0) is 12.1. The Labute approximate surface area is 107 Å². The molecule has 0 radical (unpaired) electrons. The SMILES string of the molecule is CCCCNCC(C)N1CCC2CCCCC21.